The zero-order chi connectivity index (χ0) is 11.3. The van der Waals surface area contributed by atoms with Crippen molar-refractivity contribution in [1.82, 2.24) is 5.32 Å². The van der Waals surface area contributed by atoms with E-state index in [4.69, 9.17) is 4.74 Å². The van der Waals surface area contributed by atoms with Crippen molar-refractivity contribution >= 4 is 5.97 Å². The Morgan fingerprint density at radius 1 is 1.47 bits per heavy atom. The van der Waals surface area contributed by atoms with Gasteiger partial charge in [-0.05, 0) is 25.2 Å². The van der Waals surface area contributed by atoms with Gasteiger partial charge < -0.3 is 10.1 Å². The van der Waals surface area contributed by atoms with E-state index in [1.807, 2.05) is 6.92 Å². The van der Waals surface area contributed by atoms with E-state index in [0.717, 1.165) is 6.42 Å². The van der Waals surface area contributed by atoms with Gasteiger partial charge in [-0.2, -0.15) is 0 Å². The largest absolute Gasteiger partial charge is 0.468 e. The summed E-state index contributed by atoms with van der Waals surface area (Å²) >= 11 is 0. The molecule has 0 saturated heterocycles. The summed E-state index contributed by atoms with van der Waals surface area (Å²) < 4.78 is 4.78. The summed E-state index contributed by atoms with van der Waals surface area (Å²) in [5, 5.41) is 3.43. The Kier molecular flexibility index (Phi) is 5.09. The van der Waals surface area contributed by atoms with Crippen molar-refractivity contribution in [2.24, 2.45) is 5.92 Å². The smallest absolute Gasteiger partial charge is 0.322 e. The molecule has 1 saturated carbocycles. The third kappa shape index (κ3) is 3.49. The summed E-state index contributed by atoms with van der Waals surface area (Å²) in [6, 6.07) is 0.364. The molecule has 1 aliphatic carbocycles. The maximum absolute atomic E-state index is 11.4. The Morgan fingerprint density at radius 2 is 2.13 bits per heavy atom. The van der Waals surface area contributed by atoms with Crippen LogP contribution in [-0.2, 0) is 9.53 Å². The molecule has 88 valence electrons. The van der Waals surface area contributed by atoms with Crippen LogP contribution in [0.4, 0.5) is 0 Å². The van der Waals surface area contributed by atoms with E-state index in [-0.39, 0.29) is 12.0 Å². The topological polar surface area (TPSA) is 38.3 Å². The van der Waals surface area contributed by atoms with Crippen molar-refractivity contribution in [3.8, 4) is 0 Å². The quantitative estimate of drug-likeness (QED) is 0.727. The van der Waals surface area contributed by atoms with E-state index in [9.17, 15) is 4.79 Å². The zero-order valence-corrected chi connectivity index (χ0v) is 10.1. The molecule has 0 bridgehead atoms. The normalized spacial score (nSPS) is 28.5. The molecular formula is C12H23NO2. The number of nitrogens with one attached hydrogen (secondary N) is 1. The average Bonchev–Trinajstić information content (AvgIpc) is 2.27. The highest BCUT2D eigenvalue weighted by Crippen LogP contribution is 2.24. The second kappa shape index (κ2) is 6.11. The number of methoxy groups -OCH3 is 1. The first-order chi connectivity index (χ1) is 7.19. The Balaban J connectivity index is 2.46. The Bertz CT molecular complexity index is 206. The second-order valence-corrected chi connectivity index (χ2v) is 4.52. The van der Waals surface area contributed by atoms with Gasteiger partial charge in [-0.3, -0.25) is 4.79 Å². The molecule has 1 N–H and O–H groups in total. The maximum atomic E-state index is 11.4. The molecular weight excluding hydrogens is 190 g/mol. The van der Waals surface area contributed by atoms with Crippen LogP contribution in [0.25, 0.3) is 0 Å². The molecule has 3 atom stereocenters. The molecule has 3 heteroatoms. The summed E-state index contributed by atoms with van der Waals surface area (Å²) in [6.45, 7) is 4.28. The van der Waals surface area contributed by atoms with E-state index in [1.54, 1.807) is 0 Å². The van der Waals surface area contributed by atoms with Crippen molar-refractivity contribution in [3.05, 3.63) is 0 Å². The number of rotatable bonds is 4. The lowest BCUT2D eigenvalue weighted by Gasteiger charge is -2.32. The molecule has 0 spiro atoms. The zero-order valence-electron chi connectivity index (χ0n) is 10.1. The van der Waals surface area contributed by atoms with Crippen molar-refractivity contribution < 1.29 is 9.53 Å². The van der Waals surface area contributed by atoms with Crippen molar-refractivity contribution in [3.63, 3.8) is 0 Å². The molecule has 3 nitrogen and oxygen atoms in total. The molecule has 3 unspecified atom stereocenters. The van der Waals surface area contributed by atoms with Crippen molar-refractivity contribution in [2.45, 2.75) is 58.0 Å². The van der Waals surface area contributed by atoms with E-state index < -0.39 is 0 Å². The molecule has 1 fully saturated rings. The predicted molar refractivity (Wildman–Crippen MR) is 60.7 cm³/mol. The van der Waals surface area contributed by atoms with Crippen LogP contribution in [-0.4, -0.2) is 25.2 Å². The molecule has 0 aromatic heterocycles. The summed E-state index contributed by atoms with van der Waals surface area (Å²) in [4.78, 5) is 11.4. The number of hydrogen-bond acceptors (Lipinski definition) is 3. The van der Waals surface area contributed by atoms with Crippen LogP contribution < -0.4 is 5.32 Å². The second-order valence-electron chi connectivity index (χ2n) is 4.52. The van der Waals surface area contributed by atoms with Gasteiger partial charge >= 0.3 is 5.97 Å². The fraction of sp³-hybridized carbons (Fsp3) is 0.917. The molecule has 1 rings (SSSR count). The van der Waals surface area contributed by atoms with Crippen LogP contribution in [0, 0.1) is 5.92 Å². The predicted octanol–water partition coefficient (Wildman–Crippen LogP) is 2.11. The van der Waals surface area contributed by atoms with Gasteiger partial charge in [0.25, 0.3) is 0 Å². The Labute approximate surface area is 92.6 Å². The van der Waals surface area contributed by atoms with Crippen LogP contribution in [0.2, 0.25) is 0 Å². The first-order valence-electron chi connectivity index (χ1n) is 6.03. The SMILES string of the molecule is CCC(NC1CCCCC1C)C(=O)OC. The summed E-state index contributed by atoms with van der Waals surface area (Å²) in [6.07, 6.45) is 5.87. The third-order valence-electron chi connectivity index (χ3n) is 3.42. The lowest BCUT2D eigenvalue weighted by Crippen LogP contribution is -2.47. The molecule has 0 aliphatic heterocycles. The minimum Gasteiger partial charge on any atom is -0.468 e. The van der Waals surface area contributed by atoms with Gasteiger partial charge in [0, 0.05) is 6.04 Å². The van der Waals surface area contributed by atoms with Gasteiger partial charge in [-0.15, -0.1) is 0 Å². The highest BCUT2D eigenvalue weighted by atomic mass is 16.5. The fourth-order valence-corrected chi connectivity index (χ4v) is 2.32. The maximum Gasteiger partial charge on any atom is 0.322 e. The van der Waals surface area contributed by atoms with Crippen LogP contribution in [0.15, 0.2) is 0 Å². The van der Waals surface area contributed by atoms with Crippen LogP contribution in [0.3, 0.4) is 0 Å². The number of esters is 1. The first-order valence-corrected chi connectivity index (χ1v) is 6.03. The minimum atomic E-state index is -0.129. The Hall–Kier alpha value is -0.570. The molecule has 0 radical (unpaired) electrons. The molecule has 15 heavy (non-hydrogen) atoms. The number of carbonyl (C=O) groups excluding carboxylic acids is 1. The van der Waals surface area contributed by atoms with Crippen molar-refractivity contribution in [2.75, 3.05) is 7.11 Å². The number of hydrogen-bond donors (Lipinski definition) is 1. The summed E-state index contributed by atoms with van der Waals surface area (Å²) in [5.41, 5.74) is 0. The van der Waals surface area contributed by atoms with Crippen LogP contribution >= 0.6 is 0 Å². The van der Waals surface area contributed by atoms with Crippen molar-refractivity contribution in [1.29, 1.82) is 0 Å². The van der Waals surface area contributed by atoms with E-state index in [2.05, 4.69) is 12.2 Å². The molecule has 0 amide bonds. The van der Waals surface area contributed by atoms with Crippen LogP contribution in [0.1, 0.15) is 46.0 Å². The Morgan fingerprint density at radius 3 is 2.67 bits per heavy atom. The minimum absolute atomic E-state index is 0.124. The monoisotopic (exact) mass is 213 g/mol. The fourth-order valence-electron chi connectivity index (χ4n) is 2.32. The van der Waals surface area contributed by atoms with Gasteiger partial charge in [0.05, 0.1) is 7.11 Å². The highest BCUT2D eigenvalue weighted by molar-refractivity contribution is 5.75. The highest BCUT2D eigenvalue weighted by Gasteiger charge is 2.26. The first kappa shape index (κ1) is 12.5. The number of carbonyl (C=O) groups is 1. The van der Waals surface area contributed by atoms with Gasteiger partial charge in [0.15, 0.2) is 0 Å². The summed E-state index contributed by atoms with van der Waals surface area (Å²) in [5.74, 6) is 0.549. The molecule has 0 aromatic rings. The van der Waals surface area contributed by atoms with E-state index >= 15 is 0 Å². The standard InChI is InChI=1S/C12H23NO2/c1-4-10(12(14)15-3)13-11-8-6-5-7-9(11)2/h9-11,13H,4-8H2,1-3H3. The van der Waals surface area contributed by atoms with Gasteiger partial charge in [0.2, 0.25) is 0 Å². The molecule has 0 heterocycles. The molecule has 0 aromatic carbocycles. The van der Waals surface area contributed by atoms with Crippen LogP contribution in [0.5, 0.6) is 0 Å². The van der Waals surface area contributed by atoms with Gasteiger partial charge in [-0.1, -0.05) is 26.7 Å². The average molecular weight is 213 g/mol. The van der Waals surface area contributed by atoms with Gasteiger partial charge in [0.1, 0.15) is 6.04 Å². The van der Waals surface area contributed by atoms with E-state index in [0.29, 0.717) is 12.0 Å². The lowest BCUT2D eigenvalue weighted by atomic mass is 9.85. The number of ether oxygens (including phenoxy) is 1. The lowest BCUT2D eigenvalue weighted by molar-refractivity contribution is -0.143. The van der Waals surface area contributed by atoms with E-state index in [1.165, 1.54) is 32.8 Å². The molecule has 1 aliphatic rings. The van der Waals surface area contributed by atoms with Gasteiger partial charge in [-0.25, -0.2) is 0 Å². The third-order valence-corrected chi connectivity index (χ3v) is 3.42. The summed E-state index contributed by atoms with van der Waals surface area (Å²) in [7, 11) is 1.46.